The Labute approximate surface area is 218 Å². The molecule has 37 heavy (non-hydrogen) atoms. The summed E-state index contributed by atoms with van der Waals surface area (Å²) in [5.41, 5.74) is 3.73. The number of carbonyl (C=O) groups excluding carboxylic acids is 2. The van der Waals surface area contributed by atoms with Crippen LogP contribution in [0, 0.1) is 5.41 Å². The van der Waals surface area contributed by atoms with E-state index in [1.54, 1.807) is 43.9 Å². The second-order valence-electron chi connectivity index (χ2n) is 9.90. The van der Waals surface area contributed by atoms with Crippen molar-refractivity contribution in [3.05, 3.63) is 77.9 Å². The number of hydrogen-bond acceptors (Lipinski definition) is 6. The Hall–Kier alpha value is -3.78. The first kappa shape index (κ1) is 26.3. The minimum Gasteiger partial charge on any atom is -0.493 e. The number of nitrogens with one attached hydrogen (secondary N) is 1. The molecule has 8 nitrogen and oxygen atoms in total. The van der Waals surface area contributed by atoms with Gasteiger partial charge in [0.15, 0.2) is 0 Å². The first-order valence-electron chi connectivity index (χ1n) is 12.6. The number of aromatic nitrogens is 2. The molecule has 3 heterocycles. The van der Waals surface area contributed by atoms with E-state index >= 15 is 0 Å². The van der Waals surface area contributed by atoms with Crippen molar-refractivity contribution in [2.75, 3.05) is 37.0 Å². The van der Waals surface area contributed by atoms with Crippen LogP contribution in [0.15, 0.2) is 61.1 Å². The lowest BCUT2D eigenvalue weighted by molar-refractivity contribution is -0.137. The van der Waals surface area contributed by atoms with Gasteiger partial charge in [0.05, 0.1) is 18.0 Å². The van der Waals surface area contributed by atoms with E-state index in [2.05, 4.69) is 27.4 Å². The minimum absolute atomic E-state index is 0.224. The molecule has 0 radical (unpaired) electrons. The zero-order valence-corrected chi connectivity index (χ0v) is 22.0. The Kier molecular flexibility index (Phi) is 8.18. The Morgan fingerprint density at radius 2 is 1.70 bits per heavy atom. The number of benzene rings is 1. The van der Waals surface area contributed by atoms with Gasteiger partial charge in [-0.25, -0.2) is 0 Å². The Balaban J connectivity index is 1.24. The van der Waals surface area contributed by atoms with Gasteiger partial charge in [0.2, 0.25) is 11.8 Å². The summed E-state index contributed by atoms with van der Waals surface area (Å²) in [5.74, 6) is 0.213. The van der Waals surface area contributed by atoms with Gasteiger partial charge < -0.3 is 19.9 Å². The van der Waals surface area contributed by atoms with Crippen LogP contribution < -0.4 is 19.9 Å². The van der Waals surface area contributed by atoms with Crippen molar-refractivity contribution in [2.45, 2.75) is 39.7 Å². The lowest BCUT2D eigenvalue weighted by Crippen LogP contribution is -2.46. The van der Waals surface area contributed by atoms with Gasteiger partial charge in [-0.3, -0.25) is 19.6 Å². The van der Waals surface area contributed by atoms with E-state index in [0.29, 0.717) is 23.7 Å². The van der Waals surface area contributed by atoms with Gasteiger partial charge in [-0.15, -0.1) is 0 Å². The van der Waals surface area contributed by atoms with Crippen LogP contribution in [0.25, 0.3) is 0 Å². The topological polar surface area (TPSA) is 87.7 Å². The third-order valence-electron chi connectivity index (χ3n) is 6.72. The highest BCUT2D eigenvalue weighted by atomic mass is 16.5. The number of amides is 2. The number of anilines is 2. The molecule has 0 aliphatic carbocycles. The van der Waals surface area contributed by atoms with Crippen LogP contribution in [-0.4, -0.2) is 49.0 Å². The summed E-state index contributed by atoms with van der Waals surface area (Å²) in [5, 5.41) is 3.46. The Morgan fingerprint density at radius 1 is 0.919 bits per heavy atom. The molecule has 8 heteroatoms. The Bertz CT molecular complexity index is 1250. The normalized spacial score (nSPS) is 14.9. The third-order valence-corrected chi connectivity index (χ3v) is 6.72. The van der Waals surface area contributed by atoms with E-state index in [9.17, 15) is 9.59 Å². The number of hydrogen-bond donors (Lipinski definition) is 1. The molecule has 194 valence electrons. The summed E-state index contributed by atoms with van der Waals surface area (Å²) in [4.78, 5) is 37.4. The highest BCUT2D eigenvalue weighted by molar-refractivity contribution is 6.19. The second-order valence-corrected chi connectivity index (χ2v) is 9.90. The third kappa shape index (κ3) is 6.14. The maximum atomic E-state index is 12.9. The number of rotatable bonds is 10. The maximum Gasteiger partial charge on any atom is 0.241 e. The average Bonchev–Trinajstić information content (AvgIpc) is 2.96. The predicted octanol–water partition coefficient (Wildman–Crippen LogP) is 3.79. The van der Waals surface area contributed by atoms with Gasteiger partial charge in [-0.1, -0.05) is 6.07 Å². The molecule has 0 atom stereocenters. The Morgan fingerprint density at radius 3 is 2.46 bits per heavy atom. The molecule has 1 aliphatic heterocycles. The van der Waals surface area contributed by atoms with Crippen molar-refractivity contribution >= 4 is 23.2 Å². The van der Waals surface area contributed by atoms with Crippen molar-refractivity contribution in [2.24, 2.45) is 5.41 Å². The smallest absolute Gasteiger partial charge is 0.241 e. The molecule has 1 aliphatic rings. The molecule has 0 bridgehead atoms. The van der Waals surface area contributed by atoms with Crippen LogP contribution in [0.3, 0.4) is 0 Å². The molecule has 0 unspecified atom stereocenters. The number of nitrogens with zero attached hydrogens (tertiary/aromatic N) is 4. The fourth-order valence-corrected chi connectivity index (χ4v) is 4.51. The van der Waals surface area contributed by atoms with Crippen molar-refractivity contribution in [3.8, 4) is 5.75 Å². The van der Waals surface area contributed by atoms with Gasteiger partial charge in [-0.2, -0.15) is 0 Å². The first-order chi connectivity index (χ1) is 17.8. The molecule has 2 amide bonds. The maximum absolute atomic E-state index is 12.9. The molecule has 1 aromatic carbocycles. The van der Waals surface area contributed by atoms with E-state index in [-0.39, 0.29) is 11.8 Å². The predicted molar refractivity (Wildman–Crippen MR) is 145 cm³/mol. The molecule has 0 fully saturated rings. The van der Waals surface area contributed by atoms with Crippen LogP contribution in [0.1, 0.15) is 37.1 Å². The number of ether oxygens (including phenoxy) is 1. The molecule has 2 aromatic heterocycles. The van der Waals surface area contributed by atoms with Crippen LogP contribution in [-0.2, 0) is 29.0 Å². The molecule has 0 saturated heterocycles. The fraction of sp³-hybridized carbons (Fsp3) is 0.379. The van der Waals surface area contributed by atoms with E-state index in [1.165, 1.54) is 11.1 Å². The highest BCUT2D eigenvalue weighted by Gasteiger charge is 2.44. The molecule has 3 aromatic rings. The van der Waals surface area contributed by atoms with E-state index < -0.39 is 5.41 Å². The van der Waals surface area contributed by atoms with Gasteiger partial charge in [0, 0.05) is 51.0 Å². The lowest BCUT2D eigenvalue weighted by Gasteiger charge is -2.25. The molecule has 0 spiro atoms. The monoisotopic (exact) mass is 501 g/mol. The average molecular weight is 502 g/mol. The van der Waals surface area contributed by atoms with E-state index in [1.807, 2.05) is 42.7 Å². The zero-order chi connectivity index (χ0) is 26.4. The van der Waals surface area contributed by atoms with Gasteiger partial charge in [0.1, 0.15) is 11.2 Å². The lowest BCUT2D eigenvalue weighted by atomic mass is 9.90. The van der Waals surface area contributed by atoms with Crippen LogP contribution >= 0.6 is 0 Å². The number of fused-ring (bicyclic) bond motifs is 1. The van der Waals surface area contributed by atoms with Gasteiger partial charge >= 0.3 is 0 Å². The molecular formula is C29H35N5O3. The van der Waals surface area contributed by atoms with E-state index in [0.717, 1.165) is 38.0 Å². The van der Waals surface area contributed by atoms with Crippen LogP contribution in [0.4, 0.5) is 11.4 Å². The second kappa shape index (κ2) is 11.5. The van der Waals surface area contributed by atoms with Crippen molar-refractivity contribution in [3.63, 3.8) is 0 Å². The number of pyridine rings is 2. The summed E-state index contributed by atoms with van der Waals surface area (Å²) >= 11 is 0. The van der Waals surface area contributed by atoms with Crippen molar-refractivity contribution in [1.82, 2.24) is 15.3 Å². The summed E-state index contributed by atoms with van der Waals surface area (Å²) in [6.45, 7) is 5.44. The van der Waals surface area contributed by atoms with Gasteiger partial charge in [0.25, 0.3) is 0 Å². The van der Waals surface area contributed by atoms with Crippen LogP contribution in [0.2, 0.25) is 0 Å². The first-order valence-corrected chi connectivity index (χ1v) is 12.6. The summed E-state index contributed by atoms with van der Waals surface area (Å²) in [7, 11) is 3.40. The van der Waals surface area contributed by atoms with Crippen molar-refractivity contribution < 1.29 is 14.3 Å². The van der Waals surface area contributed by atoms with Crippen LogP contribution in [0.5, 0.6) is 5.75 Å². The van der Waals surface area contributed by atoms with E-state index in [4.69, 9.17) is 4.74 Å². The largest absolute Gasteiger partial charge is 0.493 e. The molecule has 1 N–H and O–H groups in total. The molecule has 0 saturated carbocycles. The summed E-state index contributed by atoms with van der Waals surface area (Å²) < 4.78 is 5.96. The van der Waals surface area contributed by atoms with Gasteiger partial charge in [-0.05, 0) is 81.1 Å². The number of carbonyl (C=O) groups is 2. The van der Waals surface area contributed by atoms with Crippen molar-refractivity contribution in [1.29, 1.82) is 0 Å². The number of aryl methyl sites for hydroxylation is 2. The highest BCUT2D eigenvalue weighted by Crippen LogP contribution is 2.39. The zero-order valence-electron chi connectivity index (χ0n) is 22.0. The SMILES string of the molecule is CN1C(=O)C(C)(C)C(=O)N(C)c2cc(OCCCNCc3ccnc(CCc4cccnc4)c3)ccc21. The summed E-state index contributed by atoms with van der Waals surface area (Å²) in [6.07, 6.45) is 8.19. The summed E-state index contributed by atoms with van der Waals surface area (Å²) in [6, 6.07) is 13.7. The molecule has 4 rings (SSSR count). The minimum atomic E-state index is -1.12. The standard InChI is InChI=1S/C29H35N5O3/c1-29(2)27(35)33(3)25-11-10-24(18-26(25)34(4)28(29)36)37-16-6-14-31-20-22-12-15-32-23(17-22)9-8-21-7-5-13-30-19-21/h5,7,10-13,15,17-19,31H,6,8-9,14,16,20H2,1-4H3. The quantitative estimate of drug-likeness (QED) is 0.336. The fourth-order valence-electron chi connectivity index (χ4n) is 4.51. The molecular weight excluding hydrogens is 466 g/mol.